The molecule has 30 heavy (non-hydrogen) atoms. The first-order valence-electron chi connectivity index (χ1n) is 10.1. The number of methoxy groups -OCH3 is 1. The zero-order chi connectivity index (χ0) is 21.1. The number of aromatic nitrogens is 1. The van der Waals surface area contributed by atoms with Gasteiger partial charge in [0, 0.05) is 18.2 Å². The molecule has 2 heterocycles. The summed E-state index contributed by atoms with van der Waals surface area (Å²) in [4.78, 5) is 31.5. The Hall–Kier alpha value is -2.77. The summed E-state index contributed by atoms with van der Waals surface area (Å²) in [5.41, 5.74) is 3.02. The summed E-state index contributed by atoms with van der Waals surface area (Å²) in [5, 5.41) is 4.11. The van der Waals surface area contributed by atoms with Crippen LogP contribution in [0.5, 0.6) is 0 Å². The van der Waals surface area contributed by atoms with Crippen molar-refractivity contribution >= 4 is 39.1 Å². The van der Waals surface area contributed by atoms with Gasteiger partial charge >= 0.3 is 5.97 Å². The van der Waals surface area contributed by atoms with Gasteiger partial charge in [-0.1, -0.05) is 18.2 Å². The van der Waals surface area contributed by atoms with Gasteiger partial charge in [-0.3, -0.25) is 9.69 Å². The van der Waals surface area contributed by atoms with Crippen LogP contribution in [0.25, 0.3) is 10.2 Å². The number of amides is 1. The molecule has 1 fully saturated rings. The predicted octanol–water partition coefficient (Wildman–Crippen LogP) is 4.21. The van der Waals surface area contributed by atoms with Crippen LogP contribution in [0.4, 0.5) is 5.69 Å². The quantitative estimate of drug-likeness (QED) is 0.623. The number of rotatable bonds is 5. The van der Waals surface area contributed by atoms with E-state index in [4.69, 9.17) is 9.72 Å². The molecule has 1 aliphatic rings. The van der Waals surface area contributed by atoms with E-state index in [0.717, 1.165) is 42.0 Å². The largest absolute Gasteiger partial charge is 0.465 e. The van der Waals surface area contributed by atoms with Gasteiger partial charge in [0.2, 0.25) is 5.91 Å². The molecule has 0 bridgehead atoms. The van der Waals surface area contributed by atoms with Crippen molar-refractivity contribution in [2.45, 2.75) is 25.7 Å². The Labute approximate surface area is 179 Å². The molecule has 0 unspecified atom stereocenters. The molecule has 0 radical (unpaired) electrons. The molecular formula is C23H25N3O3S. The highest BCUT2D eigenvalue weighted by Gasteiger charge is 2.25. The highest BCUT2D eigenvalue weighted by molar-refractivity contribution is 7.18. The maximum absolute atomic E-state index is 12.7. The topological polar surface area (TPSA) is 71.5 Å². The number of hydrogen-bond acceptors (Lipinski definition) is 6. The zero-order valence-electron chi connectivity index (χ0n) is 17.2. The Balaban J connectivity index is 1.40. The minimum absolute atomic E-state index is 0.0786. The highest BCUT2D eigenvalue weighted by atomic mass is 32.1. The molecule has 0 saturated carbocycles. The van der Waals surface area contributed by atoms with E-state index in [1.165, 1.54) is 11.8 Å². The minimum atomic E-state index is -0.416. The second-order valence-electron chi connectivity index (χ2n) is 7.66. The van der Waals surface area contributed by atoms with Crippen LogP contribution in [0.3, 0.4) is 0 Å². The van der Waals surface area contributed by atoms with Crippen LogP contribution >= 0.6 is 11.3 Å². The van der Waals surface area contributed by atoms with Crippen LogP contribution in [0.2, 0.25) is 0 Å². The first-order valence-corrected chi connectivity index (χ1v) is 10.9. The van der Waals surface area contributed by atoms with Crippen molar-refractivity contribution in [1.82, 2.24) is 9.88 Å². The molecule has 1 N–H and O–H groups in total. The first-order chi connectivity index (χ1) is 14.5. The normalized spacial score (nSPS) is 17.1. The molecular weight excluding hydrogens is 398 g/mol. The van der Waals surface area contributed by atoms with E-state index in [9.17, 15) is 9.59 Å². The zero-order valence-corrected chi connectivity index (χ0v) is 18.0. The fourth-order valence-corrected chi connectivity index (χ4v) is 4.95. The lowest BCUT2D eigenvalue weighted by Gasteiger charge is -2.31. The average Bonchev–Trinajstić information content (AvgIpc) is 3.19. The van der Waals surface area contributed by atoms with E-state index in [1.807, 2.05) is 31.2 Å². The predicted molar refractivity (Wildman–Crippen MR) is 119 cm³/mol. The summed E-state index contributed by atoms with van der Waals surface area (Å²) in [6.07, 6.45) is 2.14. The Bertz CT molecular complexity index is 1050. The molecule has 1 amide bonds. The molecule has 0 spiro atoms. The number of carbonyl (C=O) groups is 2. The summed E-state index contributed by atoms with van der Waals surface area (Å²) in [7, 11) is 1.35. The standard InChI is InChI=1S/C23H25N3O3S/c1-15-9-10-16(23(28)29-2)12-19(15)24-21(27)14-26-11-5-6-17(13-26)22-25-18-7-3-4-8-20(18)30-22/h3-4,7-10,12,17H,5-6,11,13-14H2,1-2H3,(H,24,27)/t17-/m1/s1. The molecule has 156 valence electrons. The SMILES string of the molecule is COC(=O)c1ccc(C)c(NC(=O)CN2CCC[C@@H](c3nc4ccccc4s3)C2)c1. The Morgan fingerprint density at radius 3 is 2.90 bits per heavy atom. The van der Waals surface area contributed by atoms with Crippen molar-refractivity contribution in [2.24, 2.45) is 0 Å². The molecule has 0 aliphatic carbocycles. The molecule has 1 saturated heterocycles. The average molecular weight is 424 g/mol. The Morgan fingerprint density at radius 1 is 1.27 bits per heavy atom. The van der Waals surface area contributed by atoms with Gasteiger partial charge in [-0.15, -0.1) is 11.3 Å². The lowest BCUT2D eigenvalue weighted by molar-refractivity contribution is -0.117. The van der Waals surface area contributed by atoms with Gasteiger partial charge in [0.05, 0.1) is 34.4 Å². The molecule has 4 rings (SSSR count). The summed E-state index contributed by atoms with van der Waals surface area (Å²) in [6.45, 7) is 3.95. The third kappa shape index (κ3) is 4.52. The molecule has 3 aromatic rings. The Morgan fingerprint density at radius 2 is 2.10 bits per heavy atom. The minimum Gasteiger partial charge on any atom is -0.465 e. The number of ether oxygens (including phenoxy) is 1. The lowest BCUT2D eigenvalue weighted by atomic mass is 9.99. The van der Waals surface area contributed by atoms with Gasteiger partial charge in [0.25, 0.3) is 0 Å². The smallest absolute Gasteiger partial charge is 0.337 e. The summed E-state index contributed by atoms with van der Waals surface area (Å²) in [6, 6.07) is 13.4. The summed E-state index contributed by atoms with van der Waals surface area (Å²) < 4.78 is 5.98. The van der Waals surface area contributed by atoms with E-state index in [1.54, 1.807) is 23.5 Å². The third-order valence-corrected chi connectivity index (χ3v) is 6.66. The molecule has 1 atom stereocenters. The fourth-order valence-electron chi connectivity index (χ4n) is 3.86. The summed E-state index contributed by atoms with van der Waals surface area (Å²) in [5.74, 6) is -0.140. The van der Waals surface area contributed by atoms with Crippen LogP contribution in [0.1, 0.15) is 39.7 Å². The van der Waals surface area contributed by atoms with E-state index in [-0.39, 0.29) is 5.91 Å². The van der Waals surface area contributed by atoms with E-state index >= 15 is 0 Å². The van der Waals surface area contributed by atoms with Crippen molar-refractivity contribution in [3.05, 3.63) is 58.6 Å². The van der Waals surface area contributed by atoms with Gasteiger partial charge in [-0.05, 0) is 56.1 Å². The number of esters is 1. The van der Waals surface area contributed by atoms with Gasteiger partial charge in [-0.2, -0.15) is 0 Å². The first kappa shape index (κ1) is 20.5. The number of likely N-dealkylation sites (tertiary alicyclic amines) is 1. The number of piperidine rings is 1. The van der Waals surface area contributed by atoms with Gasteiger partial charge in [-0.25, -0.2) is 9.78 Å². The number of anilines is 1. The van der Waals surface area contributed by atoms with Crippen molar-refractivity contribution in [3.63, 3.8) is 0 Å². The number of benzene rings is 2. The molecule has 2 aromatic carbocycles. The number of aryl methyl sites for hydroxylation is 1. The molecule has 6 nitrogen and oxygen atoms in total. The molecule has 1 aliphatic heterocycles. The van der Waals surface area contributed by atoms with E-state index < -0.39 is 5.97 Å². The van der Waals surface area contributed by atoms with Crippen molar-refractivity contribution in [3.8, 4) is 0 Å². The maximum atomic E-state index is 12.7. The second-order valence-corrected chi connectivity index (χ2v) is 8.73. The second kappa shape index (κ2) is 8.93. The summed E-state index contributed by atoms with van der Waals surface area (Å²) >= 11 is 1.75. The van der Waals surface area contributed by atoms with Crippen LogP contribution in [0, 0.1) is 6.92 Å². The highest BCUT2D eigenvalue weighted by Crippen LogP contribution is 2.32. The number of nitrogens with one attached hydrogen (secondary N) is 1. The maximum Gasteiger partial charge on any atom is 0.337 e. The van der Waals surface area contributed by atoms with Gasteiger partial charge < -0.3 is 10.1 Å². The number of fused-ring (bicyclic) bond motifs is 1. The van der Waals surface area contributed by atoms with E-state index in [2.05, 4.69) is 16.3 Å². The number of hydrogen-bond donors (Lipinski definition) is 1. The third-order valence-electron chi connectivity index (χ3n) is 5.47. The molecule has 7 heteroatoms. The van der Waals surface area contributed by atoms with Crippen LogP contribution in [-0.4, -0.2) is 48.5 Å². The Kier molecular flexibility index (Phi) is 6.11. The van der Waals surface area contributed by atoms with Crippen LogP contribution in [0.15, 0.2) is 42.5 Å². The van der Waals surface area contributed by atoms with Crippen LogP contribution in [-0.2, 0) is 9.53 Å². The number of thiazole rings is 1. The number of carbonyl (C=O) groups excluding carboxylic acids is 2. The van der Waals surface area contributed by atoms with E-state index in [0.29, 0.717) is 23.7 Å². The molecule has 1 aromatic heterocycles. The monoisotopic (exact) mass is 423 g/mol. The fraction of sp³-hybridized carbons (Fsp3) is 0.348. The van der Waals surface area contributed by atoms with Gasteiger partial charge in [0.1, 0.15) is 0 Å². The van der Waals surface area contributed by atoms with Crippen molar-refractivity contribution < 1.29 is 14.3 Å². The van der Waals surface area contributed by atoms with Crippen molar-refractivity contribution in [2.75, 3.05) is 32.1 Å². The van der Waals surface area contributed by atoms with Gasteiger partial charge in [0.15, 0.2) is 0 Å². The van der Waals surface area contributed by atoms with Crippen molar-refractivity contribution in [1.29, 1.82) is 0 Å². The lowest BCUT2D eigenvalue weighted by Crippen LogP contribution is -2.39. The number of nitrogens with zero attached hydrogens (tertiary/aromatic N) is 2. The van der Waals surface area contributed by atoms with Crippen LogP contribution < -0.4 is 5.32 Å². The number of para-hydroxylation sites is 1.